The van der Waals surface area contributed by atoms with Crippen LogP contribution >= 0.6 is 11.3 Å². The molecule has 174 valence electrons. The molecule has 0 bridgehead atoms. The Balaban J connectivity index is 1.79. The molecule has 1 aliphatic heterocycles. The van der Waals surface area contributed by atoms with Crippen LogP contribution in [0.5, 0.6) is 11.6 Å². The number of H-pyrrole nitrogens is 1. The number of aromatic amines is 1. The molecule has 0 fully saturated rings. The molecule has 0 unspecified atom stereocenters. The minimum atomic E-state index is -4.52. The first-order valence-corrected chi connectivity index (χ1v) is 10.8. The number of methoxy groups -OCH3 is 1. The van der Waals surface area contributed by atoms with Crippen molar-refractivity contribution >= 4 is 22.4 Å². The summed E-state index contributed by atoms with van der Waals surface area (Å²) in [6.07, 6.45) is -2.47. The second-order valence-corrected chi connectivity index (χ2v) is 8.28. The monoisotopic (exact) mass is 480 g/mol. The molecule has 0 atom stereocenters. The first-order valence-electron chi connectivity index (χ1n) is 9.98. The van der Waals surface area contributed by atoms with E-state index in [0.717, 1.165) is 29.8 Å². The maximum absolute atomic E-state index is 13.3. The predicted molar refractivity (Wildman–Crippen MR) is 115 cm³/mol. The zero-order valence-electron chi connectivity index (χ0n) is 17.8. The standard InChI is InChI=1S/C21H19F3N4O4S/c1-4-20(5-2)15-14(11-7-6-10(21(22,23)24)8-12(11)32-20)27-19(33-15)28-17(30)13-16(29)25-9-26-18(13)31-3/h6-9H,4-5H2,1-3H3,(H,25,26,29)(H,27,28,30). The lowest BCUT2D eigenvalue weighted by Crippen LogP contribution is -2.34. The molecular formula is C21H19F3N4O4S. The van der Waals surface area contributed by atoms with Crippen LogP contribution in [0.15, 0.2) is 29.3 Å². The molecule has 2 N–H and O–H groups in total. The summed E-state index contributed by atoms with van der Waals surface area (Å²) in [4.78, 5) is 36.2. The van der Waals surface area contributed by atoms with Gasteiger partial charge >= 0.3 is 6.18 Å². The van der Waals surface area contributed by atoms with Crippen molar-refractivity contribution in [2.45, 2.75) is 38.5 Å². The average molecular weight is 480 g/mol. The summed E-state index contributed by atoms with van der Waals surface area (Å²) in [5.74, 6) is -0.851. The quantitative estimate of drug-likeness (QED) is 0.554. The van der Waals surface area contributed by atoms with Crippen molar-refractivity contribution in [3.8, 4) is 22.9 Å². The number of carbonyl (C=O) groups excluding carboxylic acids is 1. The number of halogens is 3. The van der Waals surface area contributed by atoms with E-state index in [1.54, 1.807) is 0 Å². The number of ether oxygens (including phenoxy) is 2. The lowest BCUT2D eigenvalue weighted by molar-refractivity contribution is -0.137. The van der Waals surface area contributed by atoms with Crippen molar-refractivity contribution in [3.05, 3.63) is 50.9 Å². The molecule has 1 amide bonds. The van der Waals surface area contributed by atoms with E-state index in [9.17, 15) is 22.8 Å². The Morgan fingerprint density at radius 2 is 2.03 bits per heavy atom. The van der Waals surface area contributed by atoms with Gasteiger partial charge in [-0.05, 0) is 31.0 Å². The second-order valence-electron chi connectivity index (χ2n) is 7.28. The Morgan fingerprint density at radius 1 is 1.30 bits per heavy atom. The van der Waals surface area contributed by atoms with E-state index >= 15 is 0 Å². The number of hydrogen-bond acceptors (Lipinski definition) is 7. The minimum absolute atomic E-state index is 0.0783. The number of rotatable bonds is 5. The first kappa shape index (κ1) is 22.8. The SMILES string of the molecule is CCC1(CC)Oc2cc(C(F)(F)F)ccc2-c2nc(NC(=O)c3c(OC)nc[nH]c3=O)sc21. The number of anilines is 1. The number of nitrogens with one attached hydrogen (secondary N) is 2. The van der Waals surface area contributed by atoms with Gasteiger partial charge in [0.1, 0.15) is 11.4 Å². The van der Waals surface area contributed by atoms with Gasteiger partial charge in [-0.15, -0.1) is 0 Å². The molecule has 1 aromatic carbocycles. The van der Waals surface area contributed by atoms with Crippen molar-refractivity contribution in [2.75, 3.05) is 12.4 Å². The van der Waals surface area contributed by atoms with Gasteiger partial charge < -0.3 is 14.5 Å². The lowest BCUT2D eigenvalue weighted by Gasteiger charge is -2.36. The number of benzene rings is 1. The van der Waals surface area contributed by atoms with E-state index in [1.807, 2.05) is 13.8 Å². The summed E-state index contributed by atoms with van der Waals surface area (Å²) in [6.45, 7) is 3.73. The molecule has 0 aliphatic carbocycles. The van der Waals surface area contributed by atoms with Crippen molar-refractivity contribution in [3.63, 3.8) is 0 Å². The molecular weight excluding hydrogens is 461 g/mol. The molecule has 0 saturated carbocycles. The summed E-state index contributed by atoms with van der Waals surface area (Å²) in [5.41, 5.74) is -1.92. The molecule has 2 aromatic heterocycles. The number of fused-ring (bicyclic) bond motifs is 3. The summed E-state index contributed by atoms with van der Waals surface area (Å²) in [5, 5.41) is 2.74. The Labute approximate surface area is 189 Å². The largest absolute Gasteiger partial charge is 0.481 e. The van der Waals surface area contributed by atoms with E-state index in [2.05, 4.69) is 20.3 Å². The fourth-order valence-corrected chi connectivity index (χ4v) is 4.96. The van der Waals surface area contributed by atoms with Crippen molar-refractivity contribution in [1.29, 1.82) is 0 Å². The van der Waals surface area contributed by atoms with Gasteiger partial charge in [0, 0.05) is 5.56 Å². The summed E-state index contributed by atoms with van der Waals surface area (Å²) >= 11 is 1.14. The van der Waals surface area contributed by atoms with Crippen LogP contribution in [0.3, 0.4) is 0 Å². The summed E-state index contributed by atoms with van der Waals surface area (Å²) in [6, 6.07) is 3.25. The van der Waals surface area contributed by atoms with E-state index in [0.29, 0.717) is 29.0 Å². The Hall–Kier alpha value is -3.41. The van der Waals surface area contributed by atoms with Gasteiger partial charge in [-0.2, -0.15) is 13.2 Å². The second kappa shape index (κ2) is 8.18. The van der Waals surface area contributed by atoms with E-state index in [4.69, 9.17) is 9.47 Å². The van der Waals surface area contributed by atoms with E-state index < -0.39 is 28.8 Å². The molecule has 3 aromatic rings. The van der Waals surface area contributed by atoms with Crippen LogP contribution in [0.1, 0.15) is 47.5 Å². The van der Waals surface area contributed by atoms with Gasteiger partial charge in [-0.1, -0.05) is 25.2 Å². The Morgan fingerprint density at radius 3 is 2.67 bits per heavy atom. The number of aromatic nitrogens is 3. The molecule has 8 nitrogen and oxygen atoms in total. The van der Waals surface area contributed by atoms with E-state index in [-0.39, 0.29) is 22.3 Å². The smallest absolute Gasteiger partial charge is 0.416 e. The molecule has 0 spiro atoms. The van der Waals surface area contributed by atoms with Crippen molar-refractivity contribution in [2.24, 2.45) is 0 Å². The highest BCUT2D eigenvalue weighted by Gasteiger charge is 2.42. The molecule has 0 radical (unpaired) electrons. The molecule has 12 heteroatoms. The highest BCUT2D eigenvalue weighted by atomic mass is 32.1. The van der Waals surface area contributed by atoms with Gasteiger partial charge in [0.05, 0.1) is 29.6 Å². The Bertz CT molecular complexity index is 1280. The topological polar surface area (TPSA) is 106 Å². The number of alkyl halides is 3. The fourth-order valence-electron chi connectivity index (χ4n) is 3.71. The molecule has 3 heterocycles. The van der Waals surface area contributed by atoms with Gasteiger partial charge in [0.2, 0.25) is 5.88 Å². The lowest BCUT2D eigenvalue weighted by atomic mass is 9.89. The van der Waals surface area contributed by atoms with Crippen molar-refractivity contribution in [1.82, 2.24) is 15.0 Å². The summed E-state index contributed by atoms with van der Waals surface area (Å²) < 4.78 is 50.9. The number of hydrogen-bond donors (Lipinski definition) is 2. The average Bonchev–Trinajstić information content (AvgIpc) is 3.21. The van der Waals surface area contributed by atoms with Crippen molar-refractivity contribution < 1.29 is 27.4 Å². The number of nitrogens with zero attached hydrogens (tertiary/aromatic N) is 2. The van der Waals surface area contributed by atoms with Gasteiger partial charge in [-0.25, -0.2) is 9.97 Å². The zero-order chi connectivity index (χ0) is 24.0. The third kappa shape index (κ3) is 3.84. The fraction of sp³-hybridized carbons (Fsp3) is 0.333. The highest BCUT2D eigenvalue weighted by molar-refractivity contribution is 7.16. The van der Waals surface area contributed by atoms with Crippen LogP contribution in [-0.2, 0) is 11.8 Å². The highest BCUT2D eigenvalue weighted by Crippen LogP contribution is 2.52. The van der Waals surface area contributed by atoms with Gasteiger partial charge in [0.25, 0.3) is 11.5 Å². The molecule has 33 heavy (non-hydrogen) atoms. The number of amides is 1. The normalized spacial score (nSPS) is 14.1. The van der Waals surface area contributed by atoms with Crippen LogP contribution < -0.4 is 20.3 Å². The van der Waals surface area contributed by atoms with Crippen LogP contribution in [-0.4, -0.2) is 28.0 Å². The molecule has 1 aliphatic rings. The first-order chi connectivity index (χ1) is 15.6. The summed E-state index contributed by atoms with van der Waals surface area (Å²) in [7, 11) is 1.28. The third-order valence-corrected chi connectivity index (χ3v) is 6.67. The van der Waals surface area contributed by atoms with Gasteiger partial charge in [0.15, 0.2) is 10.7 Å². The third-order valence-electron chi connectivity index (χ3n) is 5.51. The molecule has 0 saturated heterocycles. The van der Waals surface area contributed by atoms with Crippen LogP contribution in [0, 0.1) is 0 Å². The number of carbonyl (C=O) groups is 1. The van der Waals surface area contributed by atoms with Crippen LogP contribution in [0.25, 0.3) is 11.3 Å². The Kier molecular flexibility index (Phi) is 5.64. The maximum atomic E-state index is 13.3. The minimum Gasteiger partial charge on any atom is -0.481 e. The van der Waals surface area contributed by atoms with E-state index in [1.165, 1.54) is 13.2 Å². The predicted octanol–water partition coefficient (Wildman–Crippen LogP) is 4.58. The maximum Gasteiger partial charge on any atom is 0.416 e. The van der Waals surface area contributed by atoms with Crippen LogP contribution in [0.2, 0.25) is 0 Å². The number of thiazole rings is 1. The van der Waals surface area contributed by atoms with Crippen LogP contribution in [0.4, 0.5) is 18.3 Å². The van der Waals surface area contributed by atoms with Gasteiger partial charge in [-0.3, -0.25) is 14.9 Å². The zero-order valence-corrected chi connectivity index (χ0v) is 18.6. The molecule has 4 rings (SSSR count).